The van der Waals surface area contributed by atoms with Crippen molar-refractivity contribution in [3.63, 3.8) is 0 Å². The van der Waals surface area contributed by atoms with Crippen LogP contribution in [0.1, 0.15) is 49.3 Å². The van der Waals surface area contributed by atoms with E-state index in [4.69, 9.17) is 27.9 Å². The van der Waals surface area contributed by atoms with Gasteiger partial charge in [0.1, 0.15) is 6.04 Å². The number of ether oxygens (including phenoxy) is 1. The minimum absolute atomic E-state index is 0.0544. The van der Waals surface area contributed by atoms with Gasteiger partial charge in [-0.1, -0.05) is 60.5 Å². The number of halogens is 2. The van der Waals surface area contributed by atoms with Gasteiger partial charge < -0.3 is 9.64 Å². The molecule has 0 bridgehead atoms. The summed E-state index contributed by atoms with van der Waals surface area (Å²) in [6.45, 7) is 5.72. The number of allylic oxidation sites excluding steroid dienone is 1. The highest BCUT2D eigenvalue weighted by atomic mass is 35.5. The van der Waals surface area contributed by atoms with Crippen LogP contribution in [-0.2, 0) is 14.3 Å². The third-order valence-electron chi connectivity index (χ3n) is 5.96. The van der Waals surface area contributed by atoms with Crippen LogP contribution < -0.4 is 0 Å². The molecule has 31 heavy (non-hydrogen) atoms. The first-order valence-corrected chi connectivity index (χ1v) is 11.2. The van der Waals surface area contributed by atoms with Crippen LogP contribution in [-0.4, -0.2) is 29.9 Å². The first kappa shape index (κ1) is 23.4. The molecule has 4 nitrogen and oxygen atoms in total. The fraction of sp³-hybridized carbons (Fsp3) is 0.360. The molecule has 0 aliphatic carbocycles. The van der Waals surface area contributed by atoms with Crippen molar-refractivity contribution < 1.29 is 14.3 Å². The molecular weight excluding hydrogens is 433 g/mol. The molecule has 4 atom stereocenters. The molecular formula is C25H27Cl2NO3. The molecule has 1 aliphatic rings. The minimum atomic E-state index is -0.688. The number of hydrogen-bond donors (Lipinski definition) is 0. The van der Waals surface area contributed by atoms with Crippen LogP contribution in [0.5, 0.6) is 0 Å². The molecule has 1 aliphatic heterocycles. The summed E-state index contributed by atoms with van der Waals surface area (Å²) in [6.07, 6.45) is 3.38. The van der Waals surface area contributed by atoms with Crippen molar-refractivity contribution >= 4 is 35.1 Å². The smallest absolute Gasteiger partial charge is 0.328 e. The van der Waals surface area contributed by atoms with Crippen LogP contribution in [0, 0.1) is 5.92 Å². The molecule has 2 aromatic carbocycles. The third-order valence-corrected chi connectivity index (χ3v) is 6.45. The molecule has 0 N–H and O–H groups in total. The number of piperidine rings is 1. The van der Waals surface area contributed by atoms with E-state index in [9.17, 15) is 9.59 Å². The van der Waals surface area contributed by atoms with Crippen molar-refractivity contribution in [3.8, 4) is 0 Å². The van der Waals surface area contributed by atoms with Gasteiger partial charge in [-0.15, -0.1) is 6.58 Å². The van der Waals surface area contributed by atoms with Crippen LogP contribution in [0.2, 0.25) is 10.0 Å². The molecule has 1 heterocycles. The number of benzene rings is 2. The Hall–Kier alpha value is -2.30. The van der Waals surface area contributed by atoms with Gasteiger partial charge in [0, 0.05) is 21.9 Å². The van der Waals surface area contributed by atoms with Crippen LogP contribution >= 0.6 is 23.2 Å². The lowest BCUT2D eigenvalue weighted by atomic mass is 9.74. The first-order chi connectivity index (χ1) is 14.9. The van der Waals surface area contributed by atoms with E-state index in [1.54, 1.807) is 11.0 Å². The second kappa shape index (κ2) is 10.3. The third kappa shape index (κ3) is 4.97. The summed E-state index contributed by atoms with van der Waals surface area (Å²) in [4.78, 5) is 28.1. The summed E-state index contributed by atoms with van der Waals surface area (Å²) in [5, 5.41) is 1.25. The summed E-state index contributed by atoms with van der Waals surface area (Å²) in [5.74, 6) is -0.806. The predicted octanol–water partition coefficient (Wildman–Crippen LogP) is 6.19. The molecule has 0 aromatic heterocycles. The summed E-state index contributed by atoms with van der Waals surface area (Å²) < 4.78 is 5.07. The number of amides is 1. The summed E-state index contributed by atoms with van der Waals surface area (Å²) >= 11 is 12.4. The molecule has 164 valence electrons. The van der Waals surface area contributed by atoms with Gasteiger partial charge in [-0.3, -0.25) is 4.79 Å². The van der Waals surface area contributed by atoms with Gasteiger partial charge in [0.2, 0.25) is 5.91 Å². The first-order valence-electron chi connectivity index (χ1n) is 10.4. The van der Waals surface area contributed by atoms with Gasteiger partial charge in [-0.05, 0) is 54.7 Å². The van der Waals surface area contributed by atoms with E-state index in [2.05, 4.69) is 6.58 Å². The zero-order chi connectivity index (χ0) is 22.5. The van der Waals surface area contributed by atoms with Gasteiger partial charge in [0.15, 0.2) is 0 Å². The average Bonchev–Trinajstić information content (AvgIpc) is 2.77. The molecule has 0 spiro atoms. The van der Waals surface area contributed by atoms with Gasteiger partial charge in [0.05, 0.1) is 13.2 Å². The van der Waals surface area contributed by atoms with Crippen molar-refractivity contribution in [1.29, 1.82) is 0 Å². The van der Waals surface area contributed by atoms with E-state index in [0.29, 0.717) is 29.3 Å². The van der Waals surface area contributed by atoms with Crippen molar-refractivity contribution in [2.75, 3.05) is 7.11 Å². The minimum Gasteiger partial charge on any atom is -0.467 e. The SMILES string of the molecule is C=CCC1C[C@H](c2cccc(Cl)c2)[C@@H](c2ccc(Cl)cc2)N(C(CC)C(=O)OC)C1=O. The number of likely N-dealkylation sites (tertiary alicyclic amines) is 1. The maximum Gasteiger partial charge on any atom is 0.328 e. The molecule has 1 fully saturated rings. The molecule has 2 unspecified atom stereocenters. The fourth-order valence-corrected chi connectivity index (χ4v) is 4.87. The highest BCUT2D eigenvalue weighted by Gasteiger charge is 2.47. The Balaban J connectivity index is 2.20. The maximum absolute atomic E-state index is 13.6. The zero-order valence-electron chi connectivity index (χ0n) is 17.8. The molecule has 3 rings (SSSR count). The Kier molecular flexibility index (Phi) is 7.79. The highest BCUT2D eigenvalue weighted by molar-refractivity contribution is 6.30. The quantitative estimate of drug-likeness (QED) is 0.365. The van der Waals surface area contributed by atoms with Crippen LogP contribution in [0.15, 0.2) is 61.2 Å². The second-order valence-corrected chi connectivity index (χ2v) is 8.68. The van der Waals surface area contributed by atoms with Crippen LogP contribution in [0.4, 0.5) is 0 Å². The lowest BCUT2D eigenvalue weighted by Crippen LogP contribution is -2.54. The zero-order valence-corrected chi connectivity index (χ0v) is 19.3. The molecule has 2 aromatic rings. The number of carbonyl (C=O) groups is 2. The van der Waals surface area contributed by atoms with E-state index in [1.807, 2.05) is 55.5 Å². The molecule has 0 saturated carbocycles. The monoisotopic (exact) mass is 459 g/mol. The number of rotatable bonds is 7. The average molecular weight is 460 g/mol. The Morgan fingerprint density at radius 3 is 2.48 bits per heavy atom. The normalized spacial score (nSPS) is 22.1. The van der Waals surface area contributed by atoms with Crippen molar-refractivity contribution in [2.45, 2.75) is 44.2 Å². The van der Waals surface area contributed by atoms with Crippen molar-refractivity contribution in [2.24, 2.45) is 5.92 Å². The number of hydrogen-bond acceptors (Lipinski definition) is 3. The molecule has 1 saturated heterocycles. The van der Waals surface area contributed by atoms with E-state index >= 15 is 0 Å². The molecule has 6 heteroatoms. The summed E-state index contributed by atoms with van der Waals surface area (Å²) in [7, 11) is 1.35. The van der Waals surface area contributed by atoms with Crippen molar-refractivity contribution in [3.05, 3.63) is 82.4 Å². The van der Waals surface area contributed by atoms with Crippen molar-refractivity contribution in [1.82, 2.24) is 4.90 Å². The summed E-state index contributed by atoms with van der Waals surface area (Å²) in [5.41, 5.74) is 1.95. The summed E-state index contributed by atoms with van der Waals surface area (Å²) in [6, 6.07) is 14.1. The van der Waals surface area contributed by atoms with Gasteiger partial charge in [-0.2, -0.15) is 0 Å². The van der Waals surface area contributed by atoms with Crippen LogP contribution in [0.3, 0.4) is 0 Å². The second-order valence-electron chi connectivity index (χ2n) is 7.81. The maximum atomic E-state index is 13.6. The Labute approximate surface area is 193 Å². The lowest BCUT2D eigenvalue weighted by molar-refractivity contribution is -0.160. The van der Waals surface area contributed by atoms with E-state index < -0.39 is 12.0 Å². The number of carbonyl (C=O) groups excluding carboxylic acids is 2. The fourth-order valence-electron chi connectivity index (χ4n) is 4.55. The number of esters is 1. The number of methoxy groups -OCH3 is 1. The molecule has 0 radical (unpaired) electrons. The van der Waals surface area contributed by atoms with E-state index in [1.165, 1.54) is 7.11 Å². The van der Waals surface area contributed by atoms with Crippen LogP contribution in [0.25, 0.3) is 0 Å². The topological polar surface area (TPSA) is 46.6 Å². The largest absolute Gasteiger partial charge is 0.467 e. The number of nitrogens with zero attached hydrogens (tertiary/aromatic N) is 1. The Morgan fingerprint density at radius 2 is 1.90 bits per heavy atom. The predicted molar refractivity (Wildman–Crippen MR) is 124 cm³/mol. The Morgan fingerprint density at radius 1 is 1.19 bits per heavy atom. The Bertz CT molecular complexity index is 944. The van der Waals surface area contributed by atoms with E-state index in [0.717, 1.165) is 11.1 Å². The van der Waals surface area contributed by atoms with E-state index in [-0.39, 0.29) is 23.8 Å². The van der Waals surface area contributed by atoms with Gasteiger partial charge in [-0.25, -0.2) is 4.79 Å². The molecule has 1 amide bonds. The standard InChI is InChI=1S/C25H27Cl2NO3/c1-4-7-18-15-21(17-8-6-9-20(27)14-17)23(16-10-12-19(26)13-11-16)28(24(18)29)22(5-2)25(30)31-3/h4,6,8-14,18,21-23H,1,5,7,15H2,2-3H3/t18?,21-,22?,23-/m1/s1. The lowest BCUT2D eigenvalue weighted by Gasteiger charge is -2.47. The van der Waals surface area contributed by atoms with Gasteiger partial charge in [0.25, 0.3) is 0 Å². The van der Waals surface area contributed by atoms with Gasteiger partial charge >= 0.3 is 5.97 Å². The highest BCUT2D eigenvalue weighted by Crippen LogP contribution is 2.47.